The summed E-state index contributed by atoms with van der Waals surface area (Å²) in [6, 6.07) is 6.07. The van der Waals surface area contributed by atoms with E-state index in [4.69, 9.17) is 0 Å². The van der Waals surface area contributed by atoms with Gasteiger partial charge in [0.2, 0.25) is 0 Å². The number of hydrogen-bond donors (Lipinski definition) is 2. The summed E-state index contributed by atoms with van der Waals surface area (Å²) in [4.78, 5) is 12.5. The average molecular weight is 290 g/mol. The van der Waals surface area contributed by atoms with E-state index >= 15 is 0 Å². The van der Waals surface area contributed by atoms with Gasteiger partial charge in [0.05, 0.1) is 0 Å². The zero-order valence-corrected chi connectivity index (χ0v) is 12.8. The molecule has 0 bridgehead atoms. The van der Waals surface area contributed by atoms with Crippen molar-refractivity contribution in [1.82, 2.24) is 10.6 Å². The highest BCUT2D eigenvalue weighted by Crippen LogP contribution is 2.37. The lowest BCUT2D eigenvalue weighted by Crippen LogP contribution is -2.37. The van der Waals surface area contributed by atoms with E-state index in [1.807, 2.05) is 23.9 Å². The van der Waals surface area contributed by atoms with Gasteiger partial charge in [-0.2, -0.15) is 11.8 Å². The predicted octanol–water partition coefficient (Wildman–Crippen LogP) is 2.35. The Morgan fingerprint density at radius 3 is 3.20 bits per heavy atom. The van der Waals surface area contributed by atoms with Crippen molar-refractivity contribution in [2.75, 3.05) is 18.8 Å². The highest BCUT2D eigenvalue weighted by Gasteiger charge is 2.30. The second-order valence-electron chi connectivity index (χ2n) is 5.95. The molecule has 1 atom stereocenters. The normalized spacial score (nSPS) is 25.2. The van der Waals surface area contributed by atoms with E-state index in [-0.39, 0.29) is 10.7 Å². The Labute approximate surface area is 124 Å². The summed E-state index contributed by atoms with van der Waals surface area (Å²) in [6.07, 6.45) is 3.42. The summed E-state index contributed by atoms with van der Waals surface area (Å²) in [7, 11) is 0. The summed E-state index contributed by atoms with van der Waals surface area (Å²) in [5.74, 6) is 1.32. The number of rotatable bonds is 3. The van der Waals surface area contributed by atoms with E-state index < -0.39 is 0 Å². The van der Waals surface area contributed by atoms with Gasteiger partial charge in [-0.15, -0.1) is 0 Å². The van der Waals surface area contributed by atoms with E-state index in [9.17, 15) is 4.79 Å². The van der Waals surface area contributed by atoms with E-state index in [1.54, 1.807) is 0 Å². The van der Waals surface area contributed by atoms with Crippen LogP contribution >= 0.6 is 11.8 Å². The van der Waals surface area contributed by atoms with Crippen LogP contribution in [0.1, 0.15) is 41.3 Å². The number of benzene rings is 1. The monoisotopic (exact) mass is 290 g/mol. The molecular weight excluding hydrogens is 268 g/mol. The van der Waals surface area contributed by atoms with Crippen LogP contribution < -0.4 is 10.6 Å². The van der Waals surface area contributed by atoms with Gasteiger partial charge in [0.15, 0.2) is 0 Å². The Balaban J connectivity index is 1.71. The molecule has 1 aromatic rings. The van der Waals surface area contributed by atoms with Gasteiger partial charge >= 0.3 is 0 Å². The zero-order valence-electron chi connectivity index (χ0n) is 12.0. The molecule has 0 spiro atoms. The first-order valence-electron chi connectivity index (χ1n) is 7.42. The van der Waals surface area contributed by atoms with Crippen molar-refractivity contribution in [3.05, 3.63) is 34.9 Å². The molecule has 1 amide bonds. The Bertz CT molecular complexity index is 509. The second-order valence-corrected chi connectivity index (χ2v) is 7.64. The lowest BCUT2D eigenvalue weighted by molar-refractivity contribution is 0.0948. The molecule has 2 N–H and O–H groups in total. The average Bonchev–Trinajstić information content (AvgIpc) is 2.91. The van der Waals surface area contributed by atoms with Crippen LogP contribution in [0, 0.1) is 0 Å². The Morgan fingerprint density at radius 2 is 2.40 bits per heavy atom. The summed E-state index contributed by atoms with van der Waals surface area (Å²) >= 11 is 1.99. The fourth-order valence-corrected chi connectivity index (χ4v) is 4.33. The number of amides is 1. The van der Waals surface area contributed by atoms with Gasteiger partial charge in [0.25, 0.3) is 5.91 Å². The Morgan fingerprint density at radius 1 is 1.50 bits per heavy atom. The maximum Gasteiger partial charge on any atom is 0.251 e. The lowest BCUT2D eigenvalue weighted by Gasteiger charge is -2.24. The molecule has 1 aromatic carbocycles. The molecule has 1 unspecified atom stereocenters. The van der Waals surface area contributed by atoms with Crippen LogP contribution in [0.15, 0.2) is 18.2 Å². The first kappa shape index (κ1) is 14.0. The summed E-state index contributed by atoms with van der Waals surface area (Å²) in [5.41, 5.74) is 3.37. The number of carbonyl (C=O) groups is 1. The van der Waals surface area contributed by atoms with E-state index in [0.717, 1.165) is 31.6 Å². The molecule has 2 aliphatic heterocycles. The molecule has 3 rings (SSSR count). The minimum absolute atomic E-state index is 0.0949. The van der Waals surface area contributed by atoms with Crippen molar-refractivity contribution in [3.8, 4) is 0 Å². The van der Waals surface area contributed by atoms with Crippen molar-refractivity contribution in [2.24, 2.45) is 0 Å². The van der Waals surface area contributed by atoms with Gasteiger partial charge in [-0.05, 0) is 55.7 Å². The first-order chi connectivity index (χ1) is 9.68. The predicted molar refractivity (Wildman–Crippen MR) is 84.3 cm³/mol. The minimum atomic E-state index is 0.0949. The first-order valence-corrected chi connectivity index (χ1v) is 8.40. The van der Waals surface area contributed by atoms with Crippen LogP contribution in [0.2, 0.25) is 0 Å². The maximum atomic E-state index is 12.5. The van der Waals surface area contributed by atoms with Crippen LogP contribution in [0.3, 0.4) is 0 Å². The highest BCUT2D eigenvalue weighted by atomic mass is 32.2. The Hall–Kier alpha value is -1.00. The molecule has 4 heteroatoms. The van der Waals surface area contributed by atoms with Crippen LogP contribution in [0.4, 0.5) is 0 Å². The zero-order chi connectivity index (χ0) is 14.0. The van der Waals surface area contributed by atoms with E-state index in [1.165, 1.54) is 29.7 Å². The highest BCUT2D eigenvalue weighted by molar-refractivity contribution is 8.00. The van der Waals surface area contributed by atoms with Crippen molar-refractivity contribution < 1.29 is 4.79 Å². The molecule has 2 aliphatic rings. The van der Waals surface area contributed by atoms with Crippen LogP contribution in [0.25, 0.3) is 0 Å². The van der Waals surface area contributed by atoms with Gasteiger partial charge in [-0.25, -0.2) is 0 Å². The number of fused-ring (bicyclic) bond motifs is 1. The second kappa shape index (κ2) is 5.78. The number of carbonyl (C=O) groups excluding carboxylic acids is 1. The topological polar surface area (TPSA) is 41.1 Å². The summed E-state index contributed by atoms with van der Waals surface area (Å²) in [5, 5.41) is 6.51. The smallest absolute Gasteiger partial charge is 0.251 e. The molecule has 2 heterocycles. The third-order valence-electron chi connectivity index (χ3n) is 4.31. The molecule has 1 saturated heterocycles. The third-order valence-corrected chi connectivity index (χ3v) is 5.85. The number of thioether (sulfide) groups is 1. The standard InChI is InChI=1S/C16H22N2OS/c1-16(7-3-9-20-16)11-18-15(19)14-5-2-4-12-10-17-8-6-13(12)14/h2,4-5,17H,3,6-11H2,1H3,(H,18,19). The van der Waals surface area contributed by atoms with Crippen molar-refractivity contribution >= 4 is 17.7 Å². The Kier molecular flexibility index (Phi) is 4.03. The molecule has 0 aromatic heterocycles. The molecule has 0 radical (unpaired) electrons. The van der Waals surface area contributed by atoms with Gasteiger partial charge in [0.1, 0.15) is 0 Å². The van der Waals surface area contributed by atoms with E-state index in [0.29, 0.717) is 0 Å². The van der Waals surface area contributed by atoms with Crippen LogP contribution in [0.5, 0.6) is 0 Å². The molecule has 0 aliphatic carbocycles. The molecule has 108 valence electrons. The molecular formula is C16H22N2OS. The molecule has 20 heavy (non-hydrogen) atoms. The number of hydrogen-bond acceptors (Lipinski definition) is 3. The van der Waals surface area contributed by atoms with Crippen molar-refractivity contribution in [3.63, 3.8) is 0 Å². The van der Waals surface area contributed by atoms with Crippen LogP contribution in [-0.2, 0) is 13.0 Å². The number of nitrogens with one attached hydrogen (secondary N) is 2. The quantitative estimate of drug-likeness (QED) is 0.898. The van der Waals surface area contributed by atoms with Gasteiger partial charge in [-0.1, -0.05) is 12.1 Å². The van der Waals surface area contributed by atoms with Gasteiger partial charge in [0, 0.05) is 23.4 Å². The van der Waals surface area contributed by atoms with Crippen molar-refractivity contribution in [1.29, 1.82) is 0 Å². The minimum Gasteiger partial charge on any atom is -0.351 e. The maximum absolute atomic E-state index is 12.5. The van der Waals surface area contributed by atoms with Gasteiger partial charge < -0.3 is 10.6 Å². The summed E-state index contributed by atoms with van der Waals surface area (Å²) < 4.78 is 0.228. The fourth-order valence-electron chi connectivity index (χ4n) is 3.08. The molecule has 1 fully saturated rings. The largest absolute Gasteiger partial charge is 0.351 e. The van der Waals surface area contributed by atoms with Crippen LogP contribution in [-0.4, -0.2) is 29.5 Å². The molecule has 0 saturated carbocycles. The fraction of sp³-hybridized carbons (Fsp3) is 0.562. The third kappa shape index (κ3) is 2.86. The van der Waals surface area contributed by atoms with Gasteiger partial charge in [-0.3, -0.25) is 4.79 Å². The molecule has 3 nitrogen and oxygen atoms in total. The summed E-state index contributed by atoms with van der Waals surface area (Å²) in [6.45, 7) is 4.88. The van der Waals surface area contributed by atoms with Crippen molar-refractivity contribution in [2.45, 2.75) is 37.5 Å². The van der Waals surface area contributed by atoms with E-state index in [2.05, 4.69) is 23.6 Å². The lowest BCUT2D eigenvalue weighted by atomic mass is 9.95. The SMILES string of the molecule is CC1(CNC(=O)c2cccc3c2CCNC3)CCCS1.